The molecular formula is C11H11N5O. The molecule has 0 saturated heterocycles. The van der Waals surface area contributed by atoms with E-state index < -0.39 is 0 Å². The Morgan fingerprint density at radius 2 is 2.06 bits per heavy atom. The van der Waals surface area contributed by atoms with Gasteiger partial charge < -0.3 is 10.4 Å². The minimum absolute atomic E-state index is 0.0247. The van der Waals surface area contributed by atoms with Gasteiger partial charge in [0.1, 0.15) is 6.07 Å². The predicted molar refractivity (Wildman–Crippen MR) is 61.6 cm³/mol. The van der Waals surface area contributed by atoms with Gasteiger partial charge in [0.2, 0.25) is 5.69 Å². The Balaban J connectivity index is 2.32. The average molecular weight is 229 g/mol. The van der Waals surface area contributed by atoms with Gasteiger partial charge in [0.05, 0.1) is 12.3 Å². The molecule has 0 bridgehead atoms. The van der Waals surface area contributed by atoms with Gasteiger partial charge in [-0.15, -0.1) is 15.0 Å². The summed E-state index contributed by atoms with van der Waals surface area (Å²) < 4.78 is 0. The second kappa shape index (κ2) is 5.09. The van der Waals surface area contributed by atoms with E-state index in [4.69, 9.17) is 10.4 Å². The number of para-hydroxylation sites is 1. The highest BCUT2D eigenvalue weighted by atomic mass is 16.3. The lowest BCUT2D eigenvalue weighted by Gasteiger charge is -1.98. The number of aromatic nitrogens is 3. The van der Waals surface area contributed by atoms with Gasteiger partial charge in [0.25, 0.3) is 0 Å². The van der Waals surface area contributed by atoms with Crippen molar-refractivity contribution in [1.29, 1.82) is 5.26 Å². The molecule has 1 aromatic heterocycles. The molecule has 2 aromatic rings. The van der Waals surface area contributed by atoms with Crippen molar-refractivity contribution in [2.75, 3.05) is 18.5 Å². The Morgan fingerprint density at radius 1 is 1.29 bits per heavy atom. The van der Waals surface area contributed by atoms with Crippen LogP contribution in [0.1, 0.15) is 5.69 Å². The average Bonchev–Trinajstić information content (AvgIpc) is 2.80. The van der Waals surface area contributed by atoms with Crippen molar-refractivity contribution in [2.45, 2.75) is 0 Å². The number of nitrogens with one attached hydrogen (secondary N) is 1. The molecule has 0 aliphatic heterocycles. The zero-order chi connectivity index (χ0) is 12.1. The maximum Gasteiger partial charge on any atom is 0.207 e. The number of anilines is 1. The normalized spacial score (nSPS) is 9.88. The summed E-state index contributed by atoms with van der Waals surface area (Å²) in [7, 11) is 0. The lowest BCUT2D eigenvalue weighted by atomic mass is 10.3. The lowest BCUT2D eigenvalue weighted by Crippen LogP contribution is -2.07. The van der Waals surface area contributed by atoms with Gasteiger partial charge in [-0.1, -0.05) is 18.2 Å². The first kappa shape index (κ1) is 11.1. The molecule has 0 aliphatic carbocycles. The second-order valence-corrected chi connectivity index (χ2v) is 3.28. The first-order chi connectivity index (χ1) is 8.35. The van der Waals surface area contributed by atoms with Gasteiger partial charge in [0, 0.05) is 6.54 Å². The fourth-order valence-electron chi connectivity index (χ4n) is 1.35. The maximum absolute atomic E-state index is 8.91. The van der Waals surface area contributed by atoms with E-state index in [0.717, 1.165) is 5.69 Å². The van der Waals surface area contributed by atoms with Gasteiger partial charge in [-0.05, 0) is 12.1 Å². The number of nitrogens with zero attached hydrogens (tertiary/aromatic N) is 4. The first-order valence-corrected chi connectivity index (χ1v) is 5.12. The van der Waals surface area contributed by atoms with Crippen LogP contribution >= 0.6 is 0 Å². The number of hydrogen-bond acceptors (Lipinski definition) is 5. The molecule has 0 fully saturated rings. The fourth-order valence-corrected chi connectivity index (χ4v) is 1.35. The third-order valence-electron chi connectivity index (χ3n) is 2.11. The molecule has 2 N–H and O–H groups in total. The largest absolute Gasteiger partial charge is 0.395 e. The van der Waals surface area contributed by atoms with Crippen molar-refractivity contribution < 1.29 is 5.11 Å². The van der Waals surface area contributed by atoms with E-state index in [1.807, 2.05) is 36.4 Å². The molecule has 0 unspecified atom stereocenters. The standard InChI is InChI=1S/C11H11N5O/c12-8-10-11(13-6-7-17)15-16(14-10)9-4-2-1-3-5-9/h1-5,17H,6-7H2,(H,13,15). The van der Waals surface area contributed by atoms with Crippen molar-refractivity contribution in [2.24, 2.45) is 0 Å². The monoisotopic (exact) mass is 229 g/mol. The molecule has 0 aliphatic rings. The van der Waals surface area contributed by atoms with E-state index in [0.29, 0.717) is 12.4 Å². The van der Waals surface area contributed by atoms with Crippen molar-refractivity contribution >= 4 is 5.82 Å². The van der Waals surface area contributed by atoms with E-state index in [9.17, 15) is 0 Å². The van der Waals surface area contributed by atoms with Crippen LogP contribution in [0.4, 0.5) is 5.82 Å². The summed E-state index contributed by atoms with van der Waals surface area (Å²) in [5.41, 5.74) is 0.989. The van der Waals surface area contributed by atoms with Crippen LogP contribution in [0.3, 0.4) is 0 Å². The quantitative estimate of drug-likeness (QED) is 0.799. The van der Waals surface area contributed by atoms with Gasteiger partial charge in [-0.25, -0.2) is 0 Å². The zero-order valence-electron chi connectivity index (χ0n) is 9.04. The van der Waals surface area contributed by atoms with E-state index >= 15 is 0 Å². The van der Waals surface area contributed by atoms with Gasteiger partial charge >= 0.3 is 0 Å². The number of aliphatic hydroxyl groups excluding tert-OH is 1. The lowest BCUT2D eigenvalue weighted by molar-refractivity contribution is 0.311. The molecule has 0 spiro atoms. The molecule has 86 valence electrons. The van der Waals surface area contributed by atoms with Crippen molar-refractivity contribution in [3.05, 3.63) is 36.0 Å². The molecule has 0 saturated carbocycles. The third kappa shape index (κ3) is 2.41. The molecule has 6 nitrogen and oxygen atoms in total. The van der Waals surface area contributed by atoms with Crippen LogP contribution in [-0.4, -0.2) is 33.3 Å². The Bertz CT molecular complexity index is 529. The molecule has 1 heterocycles. The first-order valence-electron chi connectivity index (χ1n) is 5.12. The van der Waals surface area contributed by atoms with Crippen LogP contribution < -0.4 is 5.32 Å². The Labute approximate surface area is 98.1 Å². The summed E-state index contributed by atoms with van der Waals surface area (Å²) in [4.78, 5) is 1.39. The number of rotatable bonds is 4. The van der Waals surface area contributed by atoms with Crippen LogP contribution in [0.5, 0.6) is 0 Å². The second-order valence-electron chi connectivity index (χ2n) is 3.28. The van der Waals surface area contributed by atoms with Crippen LogP contribution in [0, 0.1) is 11.3 Å². The van der Waals surface area contributed by atoms with E-state index in [2.05, 4.69) is 15.5 Å². The summed E-state index contributed by atoms with van der Waals surface area (Å²) in [6.45, 7) is 0.311. The predicted octanol–water partition coefficient (Wildman–Crippen LogP) is 0.543. The fraction of sp³-hybridized carbons (Fsp3) is 0.182. The van der Waals surface area contributed by atoms with Gasteiger partial charge in [0.15, 0.2) is 5.82 Å². The van der Waals surface area contributed by atoms with E-state index in [1.165, 1.54) is 4.80 Å². The van der Waals surface area contributed by atoms with Crippen molar-refractivity contribution in [3.8, 4) is 11.8 Å². The highest BCUT2D eigenvalue weighted by Crippen LogP contribution is 2.11. The van der Waals surface area contributed by atoms with Crippen molar-refractivity contribution in [3.63, 3.8) is 0 Å². The van der Waals surface area contributed by atoms with Crippen LogP contribution in [-0.2, 0) is 0 Å². The topological polar surface area (TPSA) is 86.8 Å². The highest BCUT2D eigenvalue weighted by Gasteiger charge is 2.10. The van der Waals surface area contributed by atoms with Crippen LogP contribution in [0.2, 0.25) is 0 Å². The van der Waals surface area contributed by atoms with Gasteiger partial charge in [-0.2, -0.15) is 5.26 Å². The smallest absolute Gasteiger partial charge is 0.207 e. The molecule has 0 atom stereocenters. The van der Waals surface area contributed by atoms with Crippen molar-refractivity contribution in [1.82, 2.24) is 15.0 Å². The summed E-state index contributed by atoms with van der Waals surface area (Å²) >= 11 is 0. The van der Waals surface area contributed by atoms with Crippen LogP contribution in [0.15, 0.2) is 30.3 Å². The summed E-state index contributed by atoms with van der Waals surface area (Å²) in [5.74, 6) is 0.380. The Hall–Kier alpha value is -2.39. The molecule has 0 amide bonds. The van der Waals surface area contributed by atoms with Crippen LogP contribution in [0.25, 0.3) is 5.69 Å². The molecule has 17 heavy (non-hydrogen) atoms. The Kier molecular flexibility index (Phi) is 3.33. The number of hydrogen-bond donors (Lipinski definition) is 2. The summed E-state index contributed by atoms with van der Waals surface area (Å²) in [6, 6.07) is 11.3. The van der Waals surface area contributed by atoms with Gasteiger partial charge in [-0.3, -0.25) is 0 Å². The Morgan fingerprint density at radius 3 is 2.71 bits per heavy atom. The minimum Gasteiger partial charge on any atom is -0.395 e. The maximum atomic E-state index is 8.91. The number of aliphatic hydroxyl groups is 1. The minimum atomic E-state index is -0.0247. The van der Waals surface area contributed by atoms with E-state index in [1.54, 1.807) is 0 Å². The molecule has 0 radical (unpaired) electrons. The third-order valence-corrected chi connectivity index (χ3v) is 2.11. The molecule has 2 rings (SSSR count). The number of nitriles is 1. The zero-order valence-corrected chi connectivity index (χ0v) is 9.04. The SMILES string of the molecule is N#Cc1nn(-c2ccccc2)nc1NCCO. The molecule has 6 heteroatoms. The summed E-state index contributed by atoms with van der Waals surface area (Å²) in [5, 5.41) is 28.7. The number of benzene rings is 1. The highest BCUT2D eigenvalue weighted by molar-refractivity contribution is 5.47. The summed E-state index contributed by atoms with van der Waals surface area (Å²) in [6.07, 6.45) is 0. The molecule has 1 aromatic carbocycles. The molecular weight excluding hydrogens is 218 g/mol. The van der Waals surface area contributed by atoms with E-state index in [-0.39, 0.29) is 12.3 Å².